The number of hydrogen-bond donors (Lipinski definition) is 1. The maximum absolute atomic E-state index is 12.2. The number of nitrogens with one attached hydrogen (secondary N) is 1. The molecule has 0 spiro atoms. The van der Waals surface area contributed by atoms with E-state index >= 15 is 0 Å². The number of cyclic esters (lactones) is 1. The highest BCUT2D eigenvalue weighted by atomic mass is 16.5. The molecule has 0 saturated carbocycles. The Morgan fingerprint density at radius 2 is 2.04 bits per heavy atom. The SMILES string of the molecule is CNc1c(C/C=C/C2=C(C(=O)[O-])CCCCC2)c(OC)c(C)c2c1C(=O)OC2. The van der Waals surface area contributed by atoms with Crippen molar-refractivity contribution in [3.8, 4) is 5.75 Å². The van der Waals surface area contributed by atoms with Gasteiger partial charge in [0, 0.05) is 18.2 Å². The highest BCUT2D eigenvalue weighted by molar-refractivity contribution is 6.01. The van der Waals surface area contributed by atoms with Gasteiger partial charge in [0.15, 0.2) is 0 Å². The number of benzene rings is 1. The molecule has 0 aromatic heterocycles. The molecule has 0 amide bonds. The van der Waals surface area contributed by atoms with Gasteiger partial charge in [0.25, 0.3) is 0 Å². The Balaban J connectivity index is 1.99. The van der Waals surface area contributed by atoms with Crippen LogP contribution in [0.15, 0.2) is 23.3 Å². The maximum Gasteiger partial charge on any atom is 0.341 e. The highest BCUT2D eigenvalue weighted by Crippen LogP contribution is 2.41. The van der Waals surface area contributed by atoms with Crippen LogP contribution in [0, 0.1) is 6.92 Å². The fraction of sp³-hybridized carbons (Fsp3) is 0.455. The van der Waals surface area contributed by atoms with Crippen LogP contribution in [0.4, 0.5) is 5.69 Å². The average Bonchev–Trinajstić information content (AvgIpc) is 2.90. The smallest absolute Gasteiger partial charge is 0.341 e. The van der Waals surface area contributed by atoms with E-state index in [1.165, 1.54) is 0 Å². The second-order valence-corrected chi connectivity index (χ2v) is 7.15. The van der Waals surface area contributed by atoms with Crippen LogP contribution < -0.4 is 15.2 Å². The number of carboxylic acids is 1. The molecule has 0 unspecified atom stereocenters. The number of fused-ring (bicyclic) bond motifs is 1. The van der Waals surface area contributed by atoms with E-state index in [0.29, 0.717) is 29.7 Å². The van der Waals surface area contributed by atoms with Crippen LogP contribution in [-0.2, 0) is 22.6 Å². The lowest BCUT2D eigenvalue weighted by Crippen LogP contribution is -2.25. The van der Waals surface area contributed by atoms with Gasteiger partial charge < -0.3 is 24.7 Å². The topological polar surface area (TPSA) is 87.7 Å². The van der Waals surface area contributed by atoms with Crippen molar-refractivity contribution in [1.82, 2.24) is 0 Å². The molecule has 0 saturated heterocycles. The Hall–Kier alpha value is -2.76. The number of anilines is 1. The van der Waals surface area contributed by atoms with Crippen molar-refractivity contribution in [2.75, 3.05) is 19.5 Å². The lowest BCUT2D eigenvalue weighted by molar-refractivity contribution is -0.299. The second kappa shape index (κ2) is 8.50. The molecule has 0 radical (unpaired) electrons. The van der Waals surface area contributed by atoms with Crippen molar-refractivity contribution in [2.24, 2.45) is 0 Å². The van der Waals surface area contributed by atoms with Gasteiger partial charge in [-0.2, -0.15) is 0 Å². The van der Waals surface area contributed by atoms with Crippen molar-refractivity contribution in [2.45, 2.75) is 52.1 Å². The minimum absolute atomic E-state index is 0.253. The van der Waals surface area contributed by atoms with Gasteiger partial charge in [0.2, 0.25) is 0 Å². The van der Waals surface area contributed by atoms with Crippen molar-refractivity contribution < 1.29 is 24.2 Å². The molecule has 6 nitrogen and oxygen atoms in total. The Labute approximate surface area is 165 Å². The summed E-state index contributed by atoms with van der Waals surface area (Å²) in [6, 6.07) is 0. The van der Waals surface area contributed by atoms with Gasteiger partial charge in [-0.25, -0.2) is 4.79 Å². The summed E-state index contributed by atoms with van der Waals surface area (Å²) in [7, 11) is 3.38. The number of allylic oxidation sites excluding steroid dienone is 3. The molecule has 3 rings (SSSR count). The normalized spacial score (nSPS) is 16.8. The molecule has 1 heterocycles. The lowest BCUT2D eigenvalue weighted by atomic mass is 9.93. The Bertz CT molecular complexity index is 866. The summed E-state index contributed by atoms with van der Waals surface area (Å²) in [5, 5.41) is 14.6. The average molecular weight is 384 g/mol. The number of carbonyl (C=O) groups excluding carboxylic acids is 2. The van der Waals surface area contributed by atoms with Gasteiger partial charge in [-0.1, -0.05) is 18.6 Å². The fourth-order valence-corrected chi connectivity index (χ4v) is 4.17. The first-order valence-electron chi connectivity index (χ1n) is 9.66. The monoisotopic (exact) mass is 384 g/mol. The standard InChI is InChI=1S/C22H27NO5/c1-13-17-12-28-22(26)18(17)19(23-2)16(20(13)27-3)11-7-9-14-8-5-4-6-10-15(14)21(24)25/h7,9,23H,4-6,8,10-12H2,1-3H3,(H,24,25)/p-1/b9-7+. The molecule has 0 atom stereocenters. The summed E-state index contributed by atoms with van der Waals surface area (Å²) in [4.78, 5) is 23.7. The molecule has 1 aromatic rings. The van der Waals surface area contributed by atoms with Crippen molar-refractivity contribution >= 4 is 17.6 Å². The van der Waals surface area contributed by atoms with Crippen LogP contribution in [0.1, 0.15) is 59.2 Å². The summed E-state index contributed by atoms with van der Waals surface area (Å²) in [6.45, 7) is 2.18. The van der Waals surface area contributed by atoms with Gasteiger partial charge in [0.05, 0.1) is 24.3 Å². The first-order chi connectivity index (χ1) is 13.5. The third kappa shape index (κ3) is 3.63. The van der Waals surface area contributed by atoms with Crippen LogP contribution in [0.2, 0.25) is 0 Å². The molecule has 0 fully saturated rings. The Morgan fingerprint density at radius 3 is 2.71 bits per heavy atom. The molecule has 1 aromatic carbocycles. The molecule has 1 N–H and O–H groups in total. The van der Waals surface area contributed by atoms with E-state index < -0.39 is 5.97 Å². The first kappa shape index (κ1) is 20.0. The molecule has 28 heavy (non-hydrogen) atoms. The Morgan fingerprint density at radius 1 is 1.29 bits per heavy atom. The number of aliphatic carboxylic acids is 1. The molecule has 2 aliphatic rings. The predicted octanol–water partition coefficient (Wildman–Crippen LogP) is 2.83. The largest absolute Gasteiger partial charge is 0.545 e. The molecular formula is C22H26NO5-. The highest BCUT2D eigenvalue weighted by Gasteiger charge is 2.31. The predicted molar refractivity (Wildman–Crippen MR) is 104 cm³/mol. The van der Waals surface area contributed by atoms with E-state index in [0.717, 1.165) is 53.7 Å². The molecule has 1 aliphatic heterocycles. The van der Waals surface area contributed by atoms with Crippen LogP contribution in [0.3, 0.4) is 0 Å². The Kier molecular flexibility index (Phi) is 6.07. The van der Waals surface area contributed by atoms with Gasteiger partial charge in [-0.15, -0.1) is 0 Å². The minimum atomic E-state index is -1.08. The zero-order valence-electron chi connectivity index (χ0n) is 16.6. The number of esters is 1. The van der Waals surface area contributed by atoms with Gasteiger partial charge in [-0.3, -0.25) is 0 Å². The third-order valence-electron chi connectivity index (χ3n) is 5.57. The summed E-state index contributed by atoms with van der Waals surface area (Å²) < 4.78 is 10.9. The number of rotatable bonds is 6. The van der Waals surface area contributed by atoms with Crippen LogP contribution in [-0.4, -0.2) is 26.1 Å². The molecule has 150 valence electrons. The second-order valence-electron chi connectivity index (χ2n) is 7.15. The van der Waals surface area contributed by atoms with Crippen molar-refractivity contribution in [1.29, 1.82) is 0 Å². The van der Waals surface area contributed by atoms with E-state index in [9.17, 15) is 14.7 Å². The number of hydrogen-bond acceptors (Lipinski definition) is 6. The first-order valence-corrected chi connectivity index (χ1v) is 9.66. The zero-order valence-corrected chi connectivity index (χ0v) is 16.6. The van der Waals surface area contributed by atoms with Gasteiger partial charge in [-0.05, 0) is 55.7 Å². The van der Waals surface area contributed by atoms with E-state index in [2.05, 4.69) is 5.32 Å². The number of carboxylic acid groups (broad SMARTS) is 1. The van der Waals surface area contributed by atoms with Crippen LogP contribution in [0.25, 0.3) is 0 Å². The maximum atomic E-state index is 12.2. The number of ether oxygens (including phenoxy) is 2. The molecule has 6 heteroatoms. The summed E-state index contributed by atoms with van der Waals surface area (Å²) in [5.41, 5.74) is 5.12. The van der Waals surface area contributed by atoms with E-state index in [1.54, 1.807) is 14.2 Å². The fourth-order valence-electron chi connectivity index (χ4n) is 4.17. The lowest BCUT2D eigenvalue weighted by Gasteiger charge is -2.18. The summed E-state index contributed by atoms with van der Waals surface area (Å²) in [6.07, 6.45) is 8.51. The molecule has 0 bridgehead atoms. The minimum Gasteiger partial charge on any atom is -0.545 e. The summed E-state index contributed by atoms with van der Waals surface area (Å²) >= 11 is 0. The zero-order chi connectivity index (χ0) is 20.3. The van der Waals surface area contributed by atoms with E-state index in [-0.39, 0.29) is 12.6 Å². The molecule has 1 aliphatic carbocycles. The molecular weight excluding hydrogens is 358 g/mol. The van der Waals surface area contributed by atoms with Crippen LogP contribution >= 0.6 is 0 Å². The van der Waals surface area contributed by atoms with Crippen molar-refractivity contribution in [3.63, 3.8) is 0 Å². The van der Waals surface area contributed by atoms with Crippen molar-refractivity contribution in [3.05, 3.63) is 45.6 Å². The van der Waals surface area contributed by atoms with E-state index in [4.69, 9.17) is 9.47 Å². The van der Waals surface area contributed by atoms with Crippen LogP contribution in [0.5, 0.6) is 5.75 Å². The van der Waals surface area contributed by atoms with Gasteiger partial charge >= 0.3 is 5.97 Å². The van der Waals surface area contributed by atoms with Gasteiger partial charge in [0.1, 0.15) is 12.4 Å². The quantitative estimate of drug-likeness (QED) is 0.759. The van der Waals surface area contributed by atoms with E-state index in [1.807, 2.05) is 19.1 Å². The third-order valence-corrected chi connectivity index (χ3v) is 5.57. The summed E-state index contributed by atoms with van der Waals surface area (Å²) in [5.74, 6) is -0.687. The number of carbonyl (C=O) groups is 2. The number of methoxy groups -OCH3 is 1.